The van der Waals surface area contributed by atoms with Crippen molar-refractivity contribution in [3.8, 4) is 6.07 Å². The van der Waals surface area contributed by atoms with E-state index in [1.165, 1.54) is 5.56 Å². The number of nitrogens with zero attached hydrogens (tertiary/aromatic N) is 3. The molecule has 1 aromatic rings. The van der Waals surface area contributed by atoms with Gasteiger partial charge in [-0.1, -0.05) is 12.1 Å². The van der Waals surface area contributed by atoms with Crippen LogP contribution >= 0.6 is 0 Å². The molecule has 2 aliphatic heterocycles. The third-order valence-electron chi connectivity index (χ3n) is 5.36. The normalized spacial score (nSPS) is 31.1. The Morgan fingerprint density at radius 1 is 1.04 bits per heavy atom. The Kier molecular flexibility index (Phi) is 6.08. The smallest absolute Gasteiger partial charge is 0.0991 e. The monoisotopic (exact) mass is 343 g/mol. The van der Waals surface area contributed by atoms with Crippen LogP contribution in [0, 0.1) is 23.2 Å². The van der Waals surface area contributed by atoms with Gasteiger partial charge in [-0.15, -0.1) is 0 Å². The third-order valence-corrected chi connectivity index (χ3v) is 5.36. The van der Waals surface area contributed by atoms with E-state index in [0.717, 1.165) is 39.3 Å². The highest BCUT2D eigenvalue weighted by atomic mass is 16.5. The Balaban J connectivity index is 1.57. The third kappa shape index (κ3) is 4.80. The first-order valence-corrected chi connectivity index (χ1v) is 9.27. The van der Waals surface area contributed by atoms with Crippen molar-refractivity contribution in [2.24, 2.45) is 11.8 Å². The Morgan fingerprint density at radius 3 is 2.28 bits per heavy atom. The summed E-state index contributed by atoms with van der Waals surface area (Å²) in [4.78, 5) is 4.93. The topological polar surface area (TPSA) is 59.7 Å². The van der Waals surface area contributed by atoms with Gasteiger partial charge in [0.25, 0.3) is 0 Å². The number of aliphatic hydroxyl groups is 1. The van der Waals surface area contributed by atoms with Gasteiger partial charge < -0.3 is 9.84 Å². The molecule has 0 aromatic heterocycles. The van der Waals surface area contributed by atoms with Crippen LogP contribution in [0.1, 0.15) is 25.0 Å². The molecule has 0 bridgehead atoms. The highest BCUT2D eigenvalue weighted by molar-refractivity contribution is 5.31. The fourth-order valence-electron chi connectivity index (χ4n) is 4.29. The summed E-state index contributed by atoms with van der Waals surface area (Å²) in [5, 5.41) is 18.7. The molecule has 3 rings (SSSR count). The molecule has 0 unspecified atom stereocenters. The van der Waals surface area contributed by atoms with E-state index in [1.807, 2.05) is 24.3 Å². The number of rotatable bonds is 5. The van der Waals surface area contributed by atoms with Crippen molar-refractivity contribution in [3.63, 3.8) is 0 Å². The molecule has 5 nitrogen and oxygen atoms in total. The van der Waals surface area contributed by atoms with Gasteiger partial charge in [0.2, 0.25) is 0 Å². The van der Waals surface area contributed by atoms with Gasteiger partial charge in [0.05, 0.1) is 23.8 Å². The number of hydrogen-bond donors (Lipinski definition) is 1. The number of likely N-dealkylation sites (tertiary alicyclic amines) is 1. The van der Waals surface area contributed by atoms with Crippen LogP contribution in [0.5, 0.6) is 0 Å². The van der Waals surface area contributed by atoms with E-state index in [4.69, 9.17) is 10.00 Å². The molecule has 4 atom stereocenters. The predicted octanol–water partition coefficient (Wildman–Crippen LogP) is 1.71. The minimum Gasteiger partial charge on any atom is -0.396 e. The number of morpholine rings is 1. The molecular weight excluding hydrogens is 314 g/mol. The maximum atomic E-state index is 9.82. The Hall–Kier alpha value is -1.45. The zero-order valence-electron chi connectivity index (χ0n) is 15.3. The van der Waals surface area contributed by atoms with Gasteiger partial charge in [0, 0.05) is 45.9 Å². The van der Waals surface area contributed by atoms with Crippen LogP contribution in [0.25, 0.3) is 0 Å². The molecule has 1 N–H and O–H groups in total. The fourth-order valence-corrected chi connectivity index (χ4v) is 4.29. The van der Waals surface area contributed by atoms with Gasteiger partial charge in [-0.3, -0.25) is 9.80 Å². The maximum absolute atomic E-state index is 9.82. The van der Waals surface area contributed by atoms with Crippen LogP contribution in [0.4, 0.5) is 0 Å². The summed E-state index contributed by atoms with van der Waals surface area (Å²) >= 11 is 0. The molecule has 2 fully saturated rings. The second kappa shape index (κ2) is 8.29. The number of benzene rings is 1. The predicted molar refractivity (Wildman–Crippen MR) is 96.9 cm³/mol. The first-order valence-electron chi connectivity index (χ1n) is 9.27. The van der Waals surface area contributed by atoms with Gasteiger partial charge in [-0.05, 0) is 43.4 Å². The van der Waals surface area contributed by atoms with Crippen molar-refractivity contribution in [2.45, 2.75) is 32.6 Å². The van der Waals surface area contributed by atoms with E-state index >= 15 is 0 Å². The van der Waals surface area contributed by atoms with E-state index < -0.39 is 0 Å². The van der Waals surface area contributed by atoms with Crippen LogP contribution in [-0.2, 0) is 11.3 Å². The summed E-state index contributed by atoms with van der Waals surface area (Å²) in [7, 11) is 0. The zero-order chi connectivity index (χ0) is 17.8. The van der Waals surface area contributed by atoms with E-state index in [9.17, 15) is 5.11 Å². The summed E-state index contributed by atoms with van der Waals surface area (Å²) in [5.41, 5.74) is 1.93. The number of hydrogen-bond acceptors (Lipinski definition) is 5. The highest BCUT2D eigenvalue weighted by Gasteiger charge is 2.34. The standard InChI is InChI=1S/C20H29N3O2/c1-15-8-22(9-16(2)25-15)11-19-12-23(13-20(19)14-24)10-18-5-3-17(7-21)4-6-18/h3-6,15-16,19-20,24H,8-14H2,1-2H3/t15-,16+,19-,20-/m1/s1. The van der Waals surface area contributed by atoms with Crippen molar-refractivity contribution in [1.82, 2.24) is 9.80 Å². The van der Waals surface area contributed by atoms with Gasteiger partial charge >= 0.3 is 0 Å². The minimum absolute atomic E-state index is 0.254. The molecule has 0 amide bonds. The summed E-state index contributed by atoms with van der Waals surface area (Å²) in [6, 6.07) is 9.98. The molecule has 136 valence electrons. The van der Waals surface area contributed by atoms with E-state index in [0.29, 0.717) is 17.4 Å². The van der Waals surface area contributed by atoms with Crippen molar-refractivity contribution in [3.05, 3.63) is 35.4 Å². The van der Waals surface area contributed by atoms with Crippen molar-refractivity contribution in [2.75, 3.05) is 39.3 Å². The Labute approximate surface area is 150 Å². The second-order valence-corrected chi connectivity index (χ2v) is 7.68. The van der Waals surface area contributed by atoms with Crippen LogP contribution < -0.4 is 0 Å². The minimum atomic E-state index is 0.254. The molecule has 1 aromatic carbocycles. The molecule has 2 heterocycles. The average molecular weight is 343 g/mol. The summed E-state index contributed by atoms with van der Waals surface area (Å²) in [5.74, 6) is 0.840. The first-order chi connectivity index (χ1) is 12.1. The fraction of sp³-hybridized carbons (Fsp3) is 0.650. The van der Waals surface area contributed by atoms with Crippen molar-refractivity contribution in [1.29, 1.82) is 5.26 Å². The molecule has 5 heteroatoms. The zero-order valence-corrected chi connectivity index (χ0v) is 15.3. The molecule has 2 aliphatic rings. The van der Waals surface area contributed by atoms with Gasteiger partial charge in [-0.2, -0.15) is 5.26 Å². The molecule has 2 saturated heterocycles. The molecule has 0 aliphatic carbocycles. The van der Waals surface area contributed by atoms with Gasteiger partial charge in [-0.25, -0.2) is 0 Å². The molecule has 25 heavy (non-hydrogen) atoms. The lowest BCUT2D eigenvalue weighted by molar-refractivity contribution is -0.0727. The summed E-state index contributed by atoms with van der Waals surface area (Å²) in [6.45, 7) is 10.4. The lowest BCUT2D eigenvalue weighted by atomic mass is 9.96. The average Bonchev–Trinajstić information content (AvgIpc) is 2.96. The van der Waals surface area contributed by atoms with E-state index in [-0.39, 0.29) is 18.8 Å². The van der Waals surface area contributed by atoms with E-state index in [1.54, 1.807) is 0 Å². The summed E-state index contributed by atoms with van der Waals surface area (Å²) < 4.78 is 5.83. The quantitative estimate of drug-likeness (QED) is 0.882. The lowest BCUT2D eigenvalue weighted by Crippen LogP contribution is -2.48. The van der Waals surface area contributed by atoms with Crippen LogP contribution in [0.3, 0.4) is 0 Å². The van der Waals surface area contributed by atoms with Crippen LogP contribution in [0.2, 0.25) is 0 Å². The number of ether oxygens (including phenoxy) is 1. The summed E-state index contributed by atoms with van der Waals surface area (Å²) in [6.07, 6.45) is 0.569. The lowest BCUT2D eigenvalue weighted by Gasteiger charge is -2.37. The van der Waals surface area contributed by atoms with Crippen molar-refractivity contribution < 1.29 is 9.84 Å². The molecule has 0 saturated carbocycles. The maximum Gasteiger partial charge on any atom is 0.0991 e. The number of aliphatic hydroxyl groups excluding tert-OH is 1. The molecular formula is C20H29N3O2. The first kappa shape index (κ1) is 18.3. The SMILES string of the molecule is C[C@@H]1CN(C[C@@H]2CN(Cc3ccc(C#N)cc3)C[C@@H]2CO)C[C@H](C)O1. The van der Waals surface area contributed by atoms with Crippen molar-refractivity contribution >= 4 is 0 Å². The largest absolute Gasteiger partial charge is 0.396 e. The second-order valence-electron chi connectivity index (χ2n) is 7.68. The van der Waals surface area contributed by atoms with Crippen LogP contribution in [0.15, 0.2) is 24.3 Å². The van der Waals surface area contributed by atoms with E-state index in [2.05, 4.69) is 29.7 Å². The molecule has 0 spiro atoms. The Bertz CT molecular complexity index is 588. The van der Waals surface area contributed by atoms with Crippen LogP contribution in [-0.4, -0.2) is 66.4 Å². The highest BCUT2D eigenvalue weighted by Crippen LogP contribution is 2.26. The number of nitriles is 1. The Morgan fingerprint density at radius 2 is 1.68 bits per heavy atom. The van der Waals surface area contributed by atoms with Gasteiger partial charge in [0.1, 0.15) is 0 Å². The molecule has 0 radical (unpaired) electrons. The van der Waals surface area contributed by atoms with Gasteiger partial charge in [0.15, 0.2) is 0 Å².